The third-order valence-corrected chi connectivity index (χ3v) is 4.05. The minimum absolute atomic E-state index is 0.209. The Morgan fingerprint density at radius 3 is 2.48 bits per heavy atom. The first-order valence-electron chi connectivity index (χ1n) is 8.07. The van der Waals surface area contributed by atoms with Gasteiger partial charge in [0.05, 0.1) is 14.2 Å². The van der Waals surface area contributed by atoms with E-state index < -0.39 is 0 Å². The molecule has 0 saturated heterocycles. The maximum atomic E-state index is 12.2. The molecule has 5 heteroatoms. The summed E-state index contributed by atoms with van der Waals surface area (Å²) in [6, 6.07) is 13.2. The van der Waals surface area contributed by atoms with Crippen LogP contribution in [0.3, 0.4) is 0 Å². The Bertz CT molecular complexity index is 852. The maximum Gasteiger partial charge on any atom is 0.275 e. The van der Waals surface area contributed by atoms with Crippen LogP contribution in [0.4, 0.5) is 0 Å². The summed E-state index contributed by atoms with van der Waals surface area (Å²) in [5.74, 6) is 1.94. The van der Waals surface area contributed by atoms with Crippen molar-refractivity contribution in [2.75, 3.05) is 14.2 Å². The number of benzene rings is 2. The van der Waals surface area contributed by atoms with E-state index in [4.69, 9.17) is 9.47 Å². The monoisotopic (exact) mass is 336 g/mol. The zero-order chi connectivity index (χ0) is 17.8. The zero-order valence-electron chi connectivity index (χ0n) is 14.5. The molecule has 128 valence electrons. The molecule has 1 N–H and O–H groups in total. The lowest BCUT2D eigenvalue weighted by atomic mass is 10.1. The fourth-order valence-electron chi connectivity index (χ4n) is 2.68. The minimum atomic E-state index is -0.209. The van der Waals surface area contributed by atoms with Crippen molar-refractivity contribution in [3.63, 3.8) is 0 Å². The largest absolute Gasteiger partial charge is 0.497 e. The van der Waals surface area contributed by atoms with E-state index in [9.17, 15) is 4.79 Å². The van der Waals surface area contributed by atoms with Gasteiger partial charge in [-0.15, -0.1) is 0 Å². The first kappa shape index (κ1) is 16.8. The number of aryl methyl sites for hydroxylation is 1. The second kappa shape index (κ2) is 7.21. The minimum Gasteiger partial charge on any atom is -0.497 e. The molecular formula is C20H20N2O3. The van der Waals surface area contributed by atoms with Gasteiger partial charge in [-0.2, -0.15) is 0 Å². The Morgan fingerprint density at radius 1 is 1.08 bits per heavy atom. The van der Waals surface area contributed by atoms with E-state index in [2.05, 4.69) is 17.2 Å². The summed E-state index contributed by atoms with van der Waals surface area (Å²) >= 11 is 0. The summed E-state index contributed by atoms with van der Waals surface area (Å²) in [6.07, 6.45) is 2.64. The Morgan fingerprint density at radius 2 is 1.84 bits per heavy atom. The second-order valence-electron chi connectivity index (χ2n) is 5.60. The van der Waals surface area contributed by atoms with Crippen molar-refractivity contribution in [1.82, 2.24) is 5.32 Å². The molecule has 0 spiro atoms. The number of amidine groups is 1. The molecule has 1 aliphatic heterocycles. The molecular weight excluding hydrogens is 316 g/mol. The average molecular weight is 336 g/mol. The number of carbonyl (C=O) groups is 1. The molecule has 0 atom stereocenters. The Labute approximate surface area is 147 Å². The number of carbonyl (C=O) groups excluding carboxylic acids is 1. The number of hydrogen-bond donors (Lipinski definition) is 1. The quantitative estimate of drug-likeness (QED) is 0.853. The summed E-state index contributed by atoms with van der Waals surface area (Å²) in [5.41, 5.74) is 3.23. The number of rotatable bonds is 5. The van der Waals surface area contributed by atoms with Crippen LogP contribution in [0.25, 0.3) is 6.08 Å². The average Bonchev–Trinajstić information content (AvgIpc) is 3.02. The van der Waals surface area contributed by atoms with E-state index in [1.807, 2.05) is 42.5 Å². The van der Waals surface area contributed by atoms with Gasteiger partial charge in [0.1, 0.15) is 23.0 Å². The summed E-state index contributed by atoms with van der Waals surface area (Å²) < 4.78 is 10.5. The van der Waals surface area contributed by atoms with Gasteiger partial charge in [0.2, 0.25) is 0 Å². The number of nitrogens with zero attached hydrogens (tertiary/aromatic N) is 1. The molecule has 2 aromatic rings. The van der Waals surface area contributed by atoms with Crippen LogP contribution in [0.5, 0.6) is 11.5 Å². The normalized spacial score (nSPS) is 15.1. The first-order valence-corrected chi connectivity index (χ1v) is 8.07. The fraction of sp³-hybridized carbons (Fsp3) is 0.200. The first-order chi connectivity index (χ1) is 12.1. The number of methoxy groups -OCH3 is 2. The van der Waals surface area contributed by atoms with Crippen LogP contribution in [-0.2, 0) is 11.2 Å². The van der Waals surface area contributed by atoms with E-state index in [1.165, 1.54) is 0 Å². The van der Waals surface area contributed by atoms with Gasteiger partial charge in [0.15, 0.2) is 0 Å². The lowest BCUT2D eigenvalue weighted by Crippen LogP contribution is -2.24. The predicted molar refractivity (Wildman–Crippen MR) is 98.0 cm³/mol. The van der Waals surface area contributed by atoms with Crippen molar-refractivity contribution in [1.29, 1.82) is 0 Å². The highest BCUT2D eigenvalue weighted by atomic mass is 16.5. The lowest BCUT2D eigenvalue weighted by Gasteiger charge is -2.07. The summed E-state index contributed by atoms with van der Waals surface area (Å²) in [7, 11) is 3.27. The van der Waals surface area contributed by atoms with Crippen molar-refractivity contribution in [3.05, 3.63) is 64.9 Å². The fourth-order valence-corrected chi connectivity index (χ4v) is 2.68. The van der Waals surface area contributed by atoms with Gasteiger partial charge in [0, 0.05) is 5.56 Å². The lowest BCUT2D eigenvalue weighted by molar-refractivity contribution is -0.115. The molecule has 1 heterocycles. The highest BCUT2D eigenvalue weighted by Crippen LogP contribution is 2.23. The van der Waals surface area contributed by atoms with Crippen molar-refractivity contribution < 1.29 is 14.3 Å². The van der Waals surface area contributed by atoms with E-state index in [0.717, 1.165) is 34.6 Å². The molecule has 2 aromatic carbocycles. The van der Waals surface area contributed by atoms with Crippen molar-refractivity contribution in [2.45, 2.75) is 13.3 Å². The van der Waals surface area contributed by atoms with Crippen molar-refractivity contribution in [3.8, 4) is 11.5 Å². The summed E-state index contributed by atoms with van der Waals surface area (Å²) in [6.45, 7) is 2.07. The number of hydrogen-bond acceptors (Lipinski definition) is 4. The van der Waals surface area contributed by atoms with Gasteiger partial charge in [0.25, 0.3) is 5.91 Å². The van der Waals surface area contributed by atoms with Crippen LogP contribution in [0.1, 0.15) is 23.6 Å². The van der Waals surface area contributed by atoms with E-state index in [0.29, 0.717) is 11.5 Å². The second-order valence-corrected chi connectivity index (χ2v) is 5.60. The van der Waals surface area contributed by atoms with Crippen molar-refractivity contribution >= 4 is 17.8 Å². The van der Waals surface area contributed by atoms with Crippen LogP contribution in [0, 0.1) is 0 Å². The van der Waals surface area contributed by atoms with Gasteiger partial charge < -0.3 is 14.8 Å². The molecule has 0 bridgehead atoms. The standard InChI is InChI=1S/C20H20N2O3/c1-4-14-11-13(5-10-18(14)25-3)12-17-20(23)22-19(21-17)15-6-8-16(24-2)9-7-15/h5-12H,4H2,1-3H3,(H,21,22,23)/b17-12+. The smallest absolute Gasteiger partial charge is 0.275 e. The molecule has 0 fully saturated rings. The maximum absolute atomic E-state index is 12.2. The summed E-state index contributed by atoms with van der Waals surface area (Å²) in [4.78, 5) is 16.7. The summed E-state index contributed by atoms with van der Waals surface area (Å²) in [5, 5.41) is 2.81. The van der Waals surface area contributed by atoms with Gasteiger partial charge in [-0.1, -0.05) is 13.0 Å². The Kier molecular flexibility index (Phi) is 4.84. The van der Waals surface area contributed by atoms with Gasteiger partial charge in [-0.25, -0.2) is 4.99 Å². The molecule has 5 nitrogen and oxygen atoms in total. The van der Waals surface area contributed by atoms with E-state index >= 15 is 0 Å². The number of ether oxygens (including phenoxy) is 2. The molecule has 0 unspecified atom stereocenters. The van der Waals surface area contributed by atoms with Gasteiger partial charge in [-0.3, -0.25) is 4.79 Å². The third-order valence-electron chi connectivity index (χ3n) is 4.05. The van der Waals surface area contributed by atoms with Crippen molar-refractivity contribution in [2.24, 2.45) is 4.99 Å². The Hall–Kier alpha value is -3.08. The third kappa shape index (κ3) is 3.55. The van der Waals surface area contributed by atoms with Crippen LogP contribution in [0.2, 0.25) is 0 Å². The van der Waals surface area contributed by atoms with Crippen LogP contribution < -0.4 is 14.8 Å². The molecule has 0 aromatic heterocycles. The molecule has 1 aliphatic rings. The van der Waals surface area contributed by atoms with Crippen LogP contribution in [0.15, 0.2) is 53.2 Å². The predicted octanol–water partition coefficient (Wildman–Crippen LogP) is 3.18. The number of nitrogens with one attached hydrogen (secondary N) is 1. The zero-order valence-corrected chi connectivity index (χ0v) is 14.5. The number of aliphatic imine (C=N–C) groups is 1. The molecule has 0 radical (unpaired) electrons. The number of amides is 1. The molecule has 0 saturated carbocycles. The van der Waals surface area contributed by atoms with E-state index in [-0.39, 0.29) is 5.91 Å². The molecule has 0 aliphatic carbocycles. The van der Waals surface area contributed by atoms with E-state index in [1.54, 1.807) is 20.3 Å². The highest BCUT2D eigenvalue weighted by molar-refractivity contribution is 6.19. The highest BCUT2D eigenvalue weighted by Gasteiger charge is 2.21. The van der Waals surface area contributed by atoms with Gasteiger partial charge >= 0.3 is 0 Å². The molecule has 25 heavy (non-hydrogen) atoms. The van der Waals surface area contributed by atoms with Crippen LogP contribution >= 0.6 is 0 Å². The molecule has 1 amide bonds. The Balaban J connectivity index is 1.90. The topological polar surface area (TPSA) is 59.9 Å². The molecule has 3 rings (SSSR count). The van der Waals surface area contributed by atoms with Gasteiger partial charge in [-0.05, 0) is 60.0 Å². The SMILES string of the molecule is CCc1cc(/C=C2/N=C(c3ccc(OC)cc3)NC2=O)ccc1OC. The van der Waals surface area contributed by atoms with Crippen LogP contribution in [-0.4, -0.2) is 26.0 Å².